The van der Waals surface area contributed by atoms with Crippen LogP contribution in [0.4, 0.5) is 11.5 Å². The summed E-state index contributed by atoms with van der Waals surface area (Å²) in [7, 11) is 1.91. The first-order chi connectivity index (χ1) is 18.6. The van der Waals surface area contributed by atoms with Crippen molar-refractivity contribution in [3.8, 4) is 17.2 Å². The van der Waals surface area contributed by atoms with Crippen LogP contribution in [0.25, 0.3) is 11.1 Å². The van der Waals surface area contributed by atoms with Gasteiger partial charge in [-0.1, -0.05) is 42.5 Å². The largest absolute Gasteiger partial charge is 0.367 e. The van der Waals surface area contributed by atoms with Crippen molar-refractivity contribution in [2.45, 2.75) is 50.6 Å². The van der Waals surface area contributed by atoms with E-state index in [1.807, 2.05) is 48.6 Å². The van der Waals surface area contributed by atoms with Crippen molar-refractivity contribution in [1.29, 1.82) is 5.26 Å². The summed E-state index contributed by atoms with van der Waals surface area (Å²) in [6, 6.07) is 24.7. The molecular weight excluding hydrogens is 472 g/mol. The lowest BCUT2D eigenvalue weighted by Crippen LogP contribution is -2.44. The number of benzene rings is 2. The molecule has 1 fully saturated rings. The number of nitrogens with one attached hydrogen (secondary N) is 1. The molecule has 0 spiro atoms. The first-order valence-electron chi connectivity index (χ1n) is 13.2. The van der Waals surface area contributed by atoms with Crippen molar-refractivity contribution in [3.63, 3.8) is 0 Å². The summed E-state index contributed by atoms with van der Waals surface area (Å²) < 4.78 is 1.79. The second-order valence-corrected chi connectivity index (χ2v) is 9.89. The third-order valence-corrected chi connectivity index (χ3v) is 7.23. The Balaban J connectivity index is 1.29. The molecule has 2 aromatic heterocycles. The number of pyridine rings is 1. The number of nitriles is 1. The van der Waals surface area contributed by atoms with Crippen LogP contribution in [-0.2, 0) is 18.3 Å². The number of rotatable bonds is 8. The molecule has 7 heteroatoms. The van der Waals surface area contributed by atoms with Gasteiger partial charge in [-0.15, -0.1) is 0 Å². The fourth-order valence-corrected chi connectivity index (χ4v) is 5.19. The van der Waals surface area contributed by atoms with Gasteiger partial charge in [-0.3, -0.25) is 9.48 Å². The maximum absolute atomic E-state index is 13.7. The van der Waals surface area contributed by atoms with E-state index in [9.17, 15) is 4.79 Å². The zero-order valence-corrected chi connectivity index (χ0v) is 21.6. The smallest absolute Gasteiger partial charge is 0.227 e. The van der Waals surface area contributed by atoms with Gasteiger partial charge in [-0.25, -0.2) is 4.98 Å². The molecule has 192 valence electrons. The summed E-state index contributed by atoms with van der Waals surface area (Å²) >= 11 is 0. The van der Waals surface area contributed by atoms with Crippen LogP contribution in [0.1, 0.15) is 43.2 Å². The molecule has 1 aliphatic carbocycles. The van der Waals surface area contributed by atoms with E-state index >= 15 is 0 Å². The molecule has 0 aliphatic heterocycles. The minimum absolute atomic E-state index is 0.148. The molecule has 0 unspecified atom stereocenters. The molecule has 2 aromatic carbocycles. The van der Waals surface area contributed by atoms with Crippen molar-refractivity contribution < 1.29 is 4.79 Å². The molecule has 1 N–H and O–H groups in total. The van der Waals surface area contributed by atoms with Gasteiger partial charge in [0.1, 0.15) is 11.9 Å². The van der Waals surface area contributed by atoms with E-state index < -0.39 is 0 Å². The van der Waals surface area contributed by atoms with Crippen molar-refractivity contribution in [1.82, 2.24) is 14.8 Å². The molecule has 0 atom stereocenters. The number of hydrogen-bond donors (Lipinski definition) is 1. The monoisotopic (exact) mass is 504 g/mol. The molecule has 0 bridgehead atoms. The van der Waals surface area contributed by atoms with Gasteiger partial charge in [0.15, 0.2) is 0 Å². The quantitative estimate of drug-likeness (QED) is 0.331. The van der Waals surface area contributed by atoms with Gasteiger partial charge >= 0.3 is 0 Å². The van der Waals surface area contributed by atoms with E-state index in [0.717, 1.165) is 54.7 Å². The maximum Gasteiger partial charge on any atom is 0.227 e. The first-order valence-corrected chi connectivity index (χ1v) is 13.2. The van der Waals surface area contributed by atoms with E-state index in [0.29, 0.717) is 18.0 Å². The lowest BCUT2D eigenvalue weighted by molar-refractivity contribution is -0.119. The molecule has 5 rings (SSSR count). The zero-order valence-electron chi connectivity index (χ0n) is 21.6. The van der Waals surface area contributed by atoms with Crippen LogP contribution in [0.3, 0.4) is 0 Å². The molecule has 1 amide bonds. The summed E-state index contributed by atoms with van der Waals surface area (Å²) in [5, 5.41) is 16.8. The Bertz CT molecular complexity index is 1380. The van der Waals surface area contributed by atoms with Gasteiger partial charge in [-0.05, 0) is 67.5 Å². The van der Waals surface area contributed by atoms with Crippen LogP contribution in [0.2, 0.25) is 0 Å². The van der Waals surface area contributed by atoms with Crippen LogP contribution >= 0.6 is 0 Å². The van der Waals surface area contributed by atoms with Gasteiger partial charge in [0.05, 0.1) is 11.8 Å². The zero-order chi connectivity index (χ0) is 26.3. The minimum atomic E-state index is 0.148. The fraction of sp³-hybridized carbons (Fsp3) is 0.290. The van der Waals surface area contributed by atoms with Crippen molar-refractivity contribution in [3.05, 3.63) is 96.4 Å². The van der Waals surface area contributed by atoms with Crippen LogP contribution in [0.5, 0.6) is 0 Å². The van der Waals surface area contributed by atoms with Crippen molar-refractivity contribution >= 4 is 17.4 Å². The Morgan fingerprint density at radius 1 is 1.00 bits per heavy atom. The average molecular weight is 505 g/mol. The first kappa shape index (κ1) is 25.2. The summed E-state index contributed by atoms with van der Waals surface area (Å²) in [6.07, 6.45) is 10.4. The molecule has 0 radical (unpaired) electrons. The molecule has 2 heterocycles. The predicted molar refractivity (Wildman–Crippen MR) is 150 cm³/mol. The van der Waals surface area contributed by atoms with E-state index in [4.69, 9.17) is 5.26 Å². The highest BCUT2D eigenvalue weighted by Crippen LogP contribution is 2.31. The minimum Gasteiger partial charge on any atom is -0.367 e. The Kier molecular flexibility index (Phi) is 7.79. The molecular formula is C31H32N6O. The predicted octanol–water partition coefficient (Wildman–Crippen LogP) is 5.74. The van der Waals surface area contributed by atoms with E-state index in [1.54, 1.807) is 16.9 Å². The van der Waals surface area contributed by atoms with Crippen molar-refractivity contribution in [2.75, 3.05) is 10.2 Å². The second-order valence-electron chi connectivity index (χ2n) is 9.89. The normalized spacial score (nSPS) is 16.9. The number of carbonyl (C=O) groups excluding carboxylic acids is 1. The Hall–Kier alpha value is -4.44. The Morgan fingerprint density at radius 3 is 2.39 bits per heavy atom. The summed E-state index contributed by atoms with van der Waals surface area (Å²) in [5.74, 6) is 0.947. The maximum atomic E-state index is 13.7. The number of carbonyl (C=O) groups is 1. The number of aryl methyl sites for hydroxylation is 2. The molecule has 1 saturated carbocycles. The van der Waals surface area contributed by atoms with E-state index in [1.165, 1.54) is 5.56 Å². The molecule has 4 aromatic rings. The van der Waals surface area contributed by atoms with Crippen LogP contribution in [-0.4, -0.2) is 32.8 Å². The number of hydrogen-bond acceptors (Lipinski definition) is 5. The van der Waals surface area contributed by atoms with E-state index in [2.05, 4.69) is 57.9 Å². The van der Waals surface area contributed by atoms with Gasteiger partial charge in [0.25, 0.3) is 0 Å². The number of anilines is 2. The highest BCUT2D eigenvalue weighted by molar-refractivity contribution is 5.94. The second kappa shape index (κ2) is 11.7. The number of nitrogens with zero attached hydrogens (tertiary/aromatic N) is 5. The van der Waals surface area contributed by atoms with Crippen LogP contribution < -0.4 is 10.2 Å². The molecule has 0 saturated heterocycles. The van der Waals surface area contributed by atoms with Crippen LogP contribution in [0, 0.1) is 11.3 Å². The third kappa shape index (κ3) is 6.09. The topological polar surface area (TPSA) is 86.8 Å². The van der Waals surface area contributed by atoms with Gasteiger partial charge < -0.3 is 10.2 Å². The third-order valence-electron chi connectivity index (χ3n) is 7.23. The molecule has 38 heavy (non-hydrogen) atoms. The van der Waals surface area contributed by atoms with Crippen molar-refractivity contribution in [2.24, 2.45) is 7.05 Å². The standard InChI is InChI=1S/C31H32N6O/c1-36-22-26(21-34-36)25-9-13-28(14-10-25)37(31(38)18-8-23-5-3-2-4-6-23)29-15-11-27(12-16-29)35-30-17-7-24(19-32)20-33-30/h2-7,9-10,13-14,17,20-22,27,29H,8,11-12,15-16,18H2,1H3,(H,33,35). The summed E-state index contributed by atoms with van der Waals surface area (Å²) in [5.41, 5.74) is 4.82. The fourth-order valence-electron chi connectivity index (χ4n) is 5.19. The molecule has 7 nitrogen and oxygen atoms in total. The summed E-state index contributed by atoms with van der Waals surface area (Å²) in [4.78, 5) is 20.1. The van der Waals surface area contributed by atoms with Gasteiger partial charge in [0.2, 0.25) is 5.91 Å². The highest BCUT2D eigenvalue weighted by atomic mass is 16.2. The Morgan fingerprint density at radius 2 is 1.76 bits per heavy atom. The number of amides is 1. The Labute approximate surface area is 223 Å². The van der Waals surface area contributed by atoms with E-state index in [-0.39, 0.29) is 11.9 Å². The average Bonchev–Trinajstić information content (AvgIpc) is 3.40. The van der Waals surface area contributed by atoms with Crippen LogP contribution in [0.15, 0.2) is 85.3 Å². The van der Waals surface area contributed by atoms with Gasteiger partial charge in [-0.2, -0.15) is 10.4 Å². The highest BCUT2D eigenvalue weighted by Gasteiger charge is 2.30. The lowest BCUT2D eigenvalue weighted by Gasteiger charge is -2.37. The summed E-state index contributed by atoms with van der Waals surface area (Å²) in [6.45, 7) is 0. The number of aromatic nitrogens is 3. The molecule has 1 aliphatic rings. The SMILES string of the molecule is Cn1cc(-c2ccc(N(C(=O)CCc3ccccc3)C3CCC(Nc4ccc(C#N)cn4)CC3)cc2)cn1. The van der Waals surface area contributed by atoms with Gasteiger partial charge in [0, 0.05) is 49.2 Å². The lowest BCUT2D eigenvalue weighted by atomic mass is 9.89.